The predicted octanol–water partition coefficient (Wildman–Crippen LogP) is 2.83. The number of para-hydroxylation sites is 1. The highest BCUT2D eigenvalue weighted by molar-refractivity contribution is 5.45. The van der Waals surface area contributed by atoms with Crippen LogP contribution in [0.15, 0.2) is 18.2 Å². The minimum Gasteiger partial charge on any atom is -0.493 e. The molecule has 0 bridgehead atoms. The molecule has 0 saturated heterocycles. The van der Waals surface area contributed by atoms with Crippen LogP contribution >= 0.6 is 0 Å². The fourth-order valence-electron chi connectivity index (χ4n) is 2.11. The summed E-state index contributed by atoms with van der Waals surface area (Å²) in [6.45, 7) is 0.550. The van der Waals surface area contributed by atoms with Crippen LogP contribution in [0.4, 0.5) is 13.2 Å². The quantitative estimate of drug-likeness (QED) is 0.884. The second kappa shape index (κ2) is 4.56. The number of benzene rings is 1. The third-order valence-electron chi connectivity index (χ3n) is 2.90. The third kappa shape index (κ3) is 2.72. The van der Waals surface area contributed by atoms with E-state index in [1.165, 1.54) is 7.05 Å². The Bertz CT molecular complexity index is 403. The van der Waals surface area contributed by atoms with Gasteiger partial charge in [0.2, 0.25) is 0 Å². The first-order chi connectivity index (χ1) is 8.01. The van der Waals surface area contributed by atoms with Crippen LogP contribution in [-0.4, -0.2) is 19.8 Å². The normalized spacial score (nSPS) is 16.5. The van der Waals surface area contributed by atoms with E-state index in [1.54, 1.807) is 12.1 Å². The Morgan fingerprint density at radius 1 is 1.41 bits per heavy atom. The molecule has 1 N–H and O–H groups in total. The van der Waals surface area contributed by atoms with E-state index < -0.39 is 18.6 Å². The van der Waals surface area contributed by atoms with E-state index in [0.717, 1.165) is 12.0 Å². The number of alkyl halides is 3. The Hall–Kier alpha value is -1.23. The summed E-state index contributed by atoms with van der Waals surface area (Å²) in [4.78, 5) is 0. The topological polar surface area (TPSA) is 21.3 Å². The van der Waals surface area contributed by atoms with Crippen molar-refractivity contribution in [1.29, 1.82) is 0 Å². The summed E-state index contributed by atoms with van der Waals surface area (Å²) in [5, 5.41) is 2.70. The number of ether oxygens (including phenoxy) is 1. The molecule has 0 fully saturated rings. The van der Waals surface area contributed by atoms with Crippen molar-refractivity contribution in [1.82, 2.24) is 5.32 Å². The Balaban J connectivity index is 2.29. The first kappa shape index (κ1) is 12.2. The molecule has 0 amide bonds. The molecule has 2 rings (SSSR count). The van der Waals surface area contributed by atoms with E-state index in [1.807, 2.05) is 6.07 Å². The van der Waals surface area contributed by atoms with Gasteiger partial charge in [-0.25, -0.2) is 0 Å². The molecule has 1 aliphatic heterocycles. The lowest BCUT2D eigenvalue weighted by atomic mass is 9.99. The number of rotatable bonds is 3. The van der Waals surface area contributed by atoms with E-state index in [-0.39, 0.29) is 0 Å². The lowest BCUT2D eigenvalue weighted by Gasteiger charge is -2.20. The van der Waals surface area contributed by atoms with E-state index in [9.17, 15) is 13.2 Å². The Morgan fingerprint density at radius 2 is 2.18 bits per heavy atom. The zero-order valence-corrected chi connectivity index (χ0v) is 9.47. The molecule has 17 heavy (non-hydrogen) atoms. The molecule has 1 aromatic carbocycles. The van der Waals surface area contributed by atoms with Gasteiger partial charge < -0.3 is 10.1 Å². The summed E-state index contributed by atoms with van der Waals surface area (Å²) < 4.78 is 42.8. The Kier molecular flexibility index (Phi) is 3.28. The SMILES string of the molecule is CNC(CC(F)(F)F)c1cccc2c1OCC2. The Labute approximate surface area is 97.8 Å². The molecule has 1 aromatic rings. The van der Waals surface area contributed by atoms with E-state index in [2.05, 4.69) is 5.32 Å². The molecule has 2 nitrogen and oxygen atoms in total. The molecule has 0 aliphatic carbocycles. The van der Waals surface area contributed by atoms with Gasteiger partial charge >= 0.3 is 6.18 Å². The standard InChI is InChI=1S/C12H14F3NO/c1-16-10(7-12(13,14)15)9-4-2-3-8-5-6-17-11(8)9/h2-4,10,16H,5-7H2,1H3. The summed E-state index contributed by atoms with van der Waals surface area (Å²) in [5.74, 6) is 0.621. The maximum atomic E-state index is 12.4. The molecule has 5 heteroatoms. The van der Waals surface area contributed by atoms with Gasteiger partial charge in [-0.15, -0.1) is 0 Å². The lowest BCUT2D eigenvalue weighted by Crippen LogP contribution is -2.24. The first-order valence-corrected chi connectivity index (χ1v) is 5.50. The summed E-state index contributed by atoms with van der Waals surface area (Å²) in [6, 6.07) is 4.62. The smallest absolute Gasteiger partial charge is 0.390 e. The van der Waals surface area contributed by atoms with Gasteiger partial charge in [-0.2, -0.15) is 13.2 Å². The van der Waals surface area contributed by atoms with Gasteiger partial charge in [0.25, 0.3) is 0 Å². The van der Waals surface area contributed by atoms with Gasteiger partial charge in [0, 0.05) is 18.0 Å². The maximum absolute atomic E-state index is 12.4. The molecule has 1 heterocycles. The number of halogens is 3. The molecule has 0 saturated carbocycles. The van der Waals surface area contributed by atoms with Crippen LogP contribution in [-0.2, 0) is 6.42 Å². The molecule has 1 aliphatic rings. The highest BCUT2D eigenvalue weighted by Crippen LogP contribution is 2.37. The Morgan fingerprint density at radius 3 is 2.82 bits per heavy atom. The molecular weight excluding hydrogens is 231 g/mol. The number of nitrogens with one attached hydrogen (secondary N) is 1. The molecule has 1 atom stereocenters. The van der Waals surface area contributed by atoms with E-state index in [4.69, 9.17) is 4.74 Å². The van der Waals surface area contributed by atoms with Crippen molar-refractivity contribution in [3.63, 3.8) is 0 Å². The van der Waals surface area contributed by atoms with Crippen LogP contribution in [0.1, 0.15) is 23.6 Å². The van der Waals surface area contributed by atoms with Gasteiger partial charge in [0.05, 0.1) is 13.0 Å². The molecule has 94 valence electrons. The van der Waals surface area contributed by atoms with Crippen molar-refractivity contribution in [3.05, 3.63) is 29.3 Å². The summed E-state index contributed by atoms with van der Waals surface area (Å²) in [6.07, 6.45) is -4.30. The molecule has 0 spiro atoms. The zero-order chi connectivity index (χ0) is 12.5. The lowest BCUT2D eigenvalue weighted by molar-refractivity contribution is -0.140. The average Bonchev–Trinajstić information content (AvgIpc) is 2.72. The maximum Gasteiger partial charge on any atom is 0.390 e. The van der Waals surface area contributed by atoms with Crippen molar-refractivity contribution in [2.75, 3.05) is 13.7 Å². The van der Waals surface area contributed by atoms with Crippen molar-refractivity contribution in [2.45, 2.75) is 25.1 Å². The number of hydrogen-bond donors (Lipinski definition) is 1. The van der Waals surface area contributed by atoms with Crippen LogP contribution in [0.5, 0.6) is 5.75 Å². The summed E-state index contributed by atoms with van der Waals surface area (Å²) in [7, 11) is 1.53. The minimum absolute atomic E-state index is 0.550. The molecular formula is C12H14F3NO. The van der Waals surface area contributed by atoms with Crippen LogP contribution < -0.4 is 10.1 Å². The largest absolute Gasteiger partial charge is 0.493 e. The second-order valence-electron chi connectivity index (χ2n) is 4.09. The highest BCUT2D eigenvalue weighted by Gasteiger charge is 2.34. The van der Waals surface area contributed by atoms with E-state index >= 15 is 0 Å². The molecule has 1 unspecified atom stereocenters. The van der Waals surface area contributed by atoms with Crippen molar-refractivity contribution in [3.8, 4) is 5.75 Å². The van der Waals surface area contributed by atoms with Crippen LogP contribution in [0, 0.1) is 0 Å². The van der Waals surface area contributed by atoms with Gasteiger partial charge in [0.1, 0.15) is 5.75 Å². The number of fused-ring (bicyclic) bond motifs is 1. The summed E-state index contributed by atoms with van der Waals surface area (Å²) >= 11 is 0. The monoisotopic (exact) mass is 245 g/mol. The van der Waals surface area contributed by atoms with Gasteiger partial charge in [-0.3, -0.25) is 0 Å². The fraction of sp³-hybridized carbons (Fsp3) is 0.500. The van der Waals surface area contributed by atoms with Crippen LogP contribution in [0.3, 0.4) is 0 Å². The zero-order valence-electron chi connectivity index (χ0n) is 9.47. The van der Waals surface area contributed by atoms with Crippen LogP contribution in [0.25, 0.3) is 0 Å². The van der Waals surface area contributed by atoms with Gasteiger partial charge in [-0.1, -0.05) is 18.2 Å². The predicted molar refractivity (Wildman–Crippen MR) is 58.1 cm³/mol. The number of hydrogen-bond acceptors (Lipinski definition) is 2. The first-order valence-electron chi connectivity index (χ1n) is 5.50. The van der Waals surface area contributed by atoms with Crippen molar-refractivity contribution < 1.29 is 17.9 Å². The van der Waals surface area contributed by atoms with E-state index in [0.29, 0.717) is 17.9 Å². The van der Waals surface area contributed by atoms with Gasteiger partial charge in [-0.05, 0) is 12.6 Å². The van der Waals surface area contributed by atoms with Crippen molar-refractivity contribution >= 4 is 0 Å². The molecule has 0 aromatic heterocycles. The highest BCUT2D eigenvalue weighted by atomic mass is 19.4. The van der Waals surface area contributed by atoms with Crippen LogP contribution in [0.2, 0.25) is 0 Å². The minimum atomic E-state index is -4.19. The third-order valence-corrected chi connectivity index (χ3v) is 2.90. The molecule has 0 radical (unpaired) electrons. The van der Waals surface area contributed by atoms with Gasteiger partial charge in [0.15, 0.2) is 0 Å². The second-order valence-corrected chi connectivity index (χ2v) is 4.09. The average molecular weight is 245 g/mol. The summed E-state index contributed by atoms with van der Waals surface area (Å²) in [5.41, 5.74) is 1.59. The van der Waals surface area contributed by atoms with Crippen molar-refractivity contribution in [2.24, 2.45) is 0 Å². The fourth-order valence-corrected chi connectivity index (χ4v) is 2.11.